The van der Waals surface area contributed by atoms with Gasteiger partial charge in [-0.1, -0.05) is 92.1 Å². The van der Waals surface area contributed by atoms with Crippen LogP contribution >= 0.6 is 11.6 Å². The zero-order chi connectivity index (χ0) is 31.6. The van der Waals surface area contributed by atoms with Crippen molar-refractivity contribution in [2.24, 2.45) is 0 Å². The topological polar surface area (TPSA) is 80.5 Å². The van der Waals surface area contributed by atoms with Crippen LogP contribution < -0.4 is 0 Å². The van der Waals surface area contributed by atoms with Gasteiger partial charge >= 0.3 is 8.56 Å². The number of fused-ring (bicyclic) bond motifs is 2. The Morgan fingerprint density at radius 1 is 1.00 bits per heavy atom. The third kappa shape index (κ3) is 5.92. The summed E-state index contributed by atoms with van der Waals surface area (Å²) in [5.41, 5.74) is 3.07. The Morgan fingerprint density at radius 2 is 1.70 bits per heavy atom. The molecule has 0 bridgehead atoms. The second kappa shape index (κ2) is 11.2. The number of halogens is 1. The standard InChI is InChI=1S/C32H47ClN4O4Si2/c1-30(2,3)42(10,11)40-27-26-24(18-38-43(41-26,31(4,5)6)32(7,8)9)39-29(27)37-20-36-25-23(34-19-35-28(25)37)16-15-21-13-12-14-22(33)17-21/h12-17,19-20,24,26-27,29H,18H2,1-11H3/b16-15+/t24-,26-,27-,29-/m1/s1. The normalized spacial score (nSPS) is 25.0. The van der Waals surface area contributed by atoms with Crippen molar-refractivity contribution in [3.8, 4) is 0 Å². The van der Waals surface area contributed by atoms with Crippen LogP contribution in [0.5, 0.6) is 0 Å². The van der Waals surface area contributed by atoms with Gasteiger partial charge in [-0.15, -0.1) is 0 Å². The highest BCUT2D eigenvalue weighted by Crippen LogP contribution is 2.56. The summed E-state index contributed by atoms with van der Waals surface area (Å²) >= 11 is 6.19. The first-order valence-corrected chi connectivity index (χ1v) is 20.2. The summed E-state index contributed by atoms with van der Waals surface area (Å²) in [6.07, 6.45) is 5.89. The molecule has 2 aliphatic rings. The summed E-state index contributed by atoms with van der Waals surface area (Å²) in [6, 6.07) is 7.69. The lowest BCUT2D eigenvalue weighted by Gasteiger charge is -2.54. The lowest BCUT2D eigenvalue weighted by molar-refractivity contribution is -0.0795. The molecule has 0 N–H and O–H groups in total. The molecule has 2 aromatic heterocycles. The van der Waals surface area contributed by atoms with E-state index >= 15 is 0 Å². The van der Waals surface area contributed by atoms with Crippen LogP contribution in [0.3, 0.4) is 0 Å². The summed E-state index contributed by atoms with van der Waals surface area (Å²) in [5, 5.41) is 0.369. The van der Waals surface area contributed by atoms with Crippen LogP contribution in [-0.4, -0.2) is 61.3 Å². The van der Waals surface area contributed by atoms with Crippen molar-refractivity contribution in [3.63, 3.8) is 0 Å². The summed E-state index contributed by atoms with van der Waals surface area (Å²) in [6.45, 7) is 25.2. The first-order chi connectivity index (χ1) is 19.8. The van der Waals surface area contributed by atoms with Gasteiger partial charge in [0.25, 0.3) is 0 Å². The molecular weight excluding hydrogens is 596 g/mol. The van der Waals surface area contributed by atoms with Crippen molar-refractivity contribution in [1.82, 2.24) is 19.5 Å². The zero-order valence-electron chi connectivity index (χ0n) is 27.4. The fraction of sp³-hybridized carbons (Fsp3) is 0.594. The molecule has 0 spiro atoms. The number of hydrogen-bond donors (Lipinski definition) is 0. The first-order valence-electron chi connectivity index (χ1n) is 15.1. The van der Waals surface area contributed by atoms with Crippen LogP contribution in [0.2, 0.25) is 33.2 Å². The van der Waals surface area contributed by atoms with Gasteiger partial charge in [0.15, 0.2) is 20.2 Å². The van der Waals surface area contributed by atoms with Crippen molar-refractivity contribution in [2.75, 3.05) is 6.61 Å². The smallest absolute Gasteiger partial charge is 0.349 e. The predicted molar refractivity (Wildman–Crippen MR) is 178 cm³/mol. The van der Waals surface area contributed by atoms with E-state index < -0.39 is 23.1 Å². The van der Waals surface area contributed by atoms with Crippen molar-refractivity contribution < 1.29 is 18.0 Å². The number of hydrogen-bond acceptors (Lipinski definition) is 7. The average molecular weight is 643 g/mol. The zero-order valence-corrected chi connectivity index (χ0v) is 30.2. The lowest BCUT2D eigenvalue weighted by Crippen LogP contribution is -2.66. The minimum absolute atomic E-state index is 0.000843. The lowest BCUT2D eigenvalue weighted by atomic mass is 10.1. The van der Waals surface area contributed by atoms with Gasteiger partial charge in [0, 0.05) is 15.1 Å². The number of ether oxygens (including phenoxy) is 1. The number of rotatable bonds is 5. The monoisotopic (exact) mass is 642 g/mol. The fourth-order valence-electron chi connectivity index (χ4n) is 6.15. The number of benzene rings is 1. The Labute approximate surface area is 263 Å². The summed E-state index contributed by atoms with van der Waals surface area (Å²) < 4.78 is 30.0. The van der Waals surface area contributed by atoms with E-state index in [1.807, 2.05) is 41.0 Å². The van der Waals surface area contributed by atoms with Gasteiger partial charge in [0.05, 0.1) is 18.6 Å². The Balaban J connectivity index is 1.56. The van der Waals surface area contributed by atoms with Gasteiger partial charge in [-0.05, 0) is 41.9 Å². The summed E-state index contributed by atoms with van der Waals surface area (Å²) in [5.74, 6) is 0. The molecule has 0 radical (unpaired) electrons. The highest BCUT2D eigenvalue weighted by atomic mass is 35.5. The third-order valence-electron chi connectivity index (χ3n) is 9.19. The fourth-order valence-corrected chi connectivity index (χ4v) is 12.6. The highest BCUT2D eigenvalue weighted by molar-refractivity contribution is 6.74. The molecular formula is C32H47ClN4O4Si2. The number of imidazole rings is 1. The highest BCUT2D eigenvalue weighted by Gasteiger charge is 2.66. The second-order valence-corrected chi connectivity index (χ2v) is 25.3. The van der Waals surface area contributed by atoms with Gasteiger partial charge in [0.2, 0.25) is 0 Å². The van der Waals surface area contributed by atoms with E-state index in [-0.39, 0.29) is 33.4 Å². The Morgan fingerprint density at radius 3 is 2.33 bits per heavy atom. The van der Waals surface area contributed by atoms with Crippen molar-refractivity contribution in [3.05, 3.63) is 53.2 Å². The molecule has 5 rings (SSSR count). The minimum atomic E-state index is -2.77. The van der Waals surface area contributed by atoms with Crippen molar-refractivity contribution in [1.29, 1.82) is 0 Å². The maximum absolute atomic E-state index is 7.26. The van der Waals surface area contributed by atoms with Gasteiger partial charge in [-0.2, -0.15) is 0 Å². The van der Waals surface area contributed by atoms with Crippen LogP contribution in [-0.2, 0) is 18.0 Å². The van der Waals surface area contributed by atoms with Crippen LogP contribution in [0.4, 0.5) is 0 Å². The molecule has 234 valence electrons. The van der Waals surface area contributed by atoms with Gasteiger partial charge < -0.3 is 18.0 Å². The van der Waals surface area contributed by atoms with E-state index in [4.69, 9.17) is 34.6 Å². The molecule has 1 aromatic carbocycles. The van der Waals surface area contributed by atoms with Crippen molar-refractivity contribution in [2.45, 2.75) is 115 Å². The molecule has 3 aromatic rings. The van der Waals surface area contributed by atoms with Crippen LogP contribution in [0.25, 0.3) is 23.3 Å². The van der Waals surface area contributed by atoms with E-state index in [9.17, 15) is 0 Å². The molecule has 43 heavy (non-hydrogen) atoms. The number of aromatic nitrogens is 4. The molecule has 0 aliphatic carbocycles. The molecule has 11 heteroatoms. The molecule has 0 saturated carbocycles. The molecule has 2 saturated heterocycles. The van der Waals surface area contributed by atoms with Crippen LogP contribution in [0.15, 0.2) is 36.9 Å². The van der Waals surface area contributed by atoms with E-state index in [1.54, 1.807) is 12.7 Å². The molecule has 4 atom stereocenters. The van der Waals surface area contributed by atoms with Crippen molar-refractivity contribution >= 4 is 51.8 Å². The maximum atomic E-state index is 7.26. The van der Waals surface area contributed by atoms with Gasteiger partial charge in [-0.3, -0.25) is 4.57 Å². The molecule has 0 unspecified atom stereocenters. The quantitative estimate of drug-likeness (QED) is 0.259. The first kappa shape index (κ1) is 32.5. The largest absolute Gasteiger partial charge is 0.407 e. The SMILES string of the molecule is CC(C)(C)[Si](C)(C)O[C@@H]1[C@@H]2O[Si](C(C)(C)C)(C(C)(C)C)OC[C@H]2O[C@H]1n1cnc2c(/C=C/c3cccc(Cl)c3)ncnc21. The molecule has 8 nitrogen and oxygen atoms in total. The predicted octanol–water partition coefficient (Wildman–Crippen LogP) is 8.40. The van der Waals surface area contributed by atoms with Gasteiger partial charge in [-0.25, -0.2) is 15.0 Å². The van der Waals surface area contributed by atoms with E-state index in [1.165, 1.54) is 0 Å². The Hall–Kier alpha value is -1.93. The van der Waals surface area contributed by atoms with E-state index in [2.05, 4.69) is 85.4 Å². The van der Waals surface area contributed by atoms with E-state index in [0.717, 1.165) is 5.56 Å². The maximum Gasteiger partial charge on any atom is 0.349 e. The van der Waals surface area contributed by atoms with Crippen LogP contribution in [0.1, 0.15) is 79.8 Å². The summed E-state index contributed by atoms with van der Waals surface area (Å²) in [7, 11) is -5.02. The third-order valence-corrected chi connectivity index (χ3v) is 19.0. The Kier molecular flexibility index (Phi) is 8.42. The average Bonchev–Trinajstić information content (AvgIpc) is 3.46. The minimum Gasteiger partial charge on any atom is -0.407 e. The molecule has 2 fully saturated rings. The van der Waals surface area contributed by atoms with Crippen LogP contribution in [0, 0.1) is 0 Å². The summed E-state index contributed by atoms with van der Waals surface area (Å²) in [4.78, 5) is 14.0. The Bertz CT molecular complexity index is 1490. The molecule has 4 heterocycles. The number of nitrogens with zero attached hydrogens (tertiary/aromatic N) is 4. The second-order valence-electron chi connectivity index (χ2n) is 15.4. The van der Waals surface area contributed by atoms with Gasteiger partial charge in [0.1, 0.15) is 30.2 Å². The molecule has 0 amide bonds. The molecule has 2 aliphatic heterocycles. The van der Waals surface area contributed by atoms with E-state index in [0.29, 0.717) is 28.5 Å².